The average molecular weight is 298 g/mol. The Balaban J connectivity index is 2.42. The highest BCUT2D eigenvalue weighted by Gasteiger charge is 2.52. The van der Waals surface area contributed by atoms with E-state index >= 15 is 0 Å². The highest BCUT2D eigenvalue weighted by molar-refractivity contribution is 6.65. The van der Waals surface area contributed by atoms with Gasteiger partial charge >= 0.3 is 7.12 Å². The molecular formula is C14H21BClNO3. The Bertz CT molecular complexity index is 510. The summed E-state index contributed by atoms with van der Waals surface area (Å²) in [6.45, 7) is 11.2. The maximum absolute atomic E-state index is 10.1. The van der Waals surface area contributed by atoms with E-state index in [9.17, 15) is 5.11 Å². The van der Waals surface area contributed by atoms with Gasteiger partial charge in [0.25, 0.3) is 0 Å². The van der Waals surface area contributed by atoms with Crippen LogP contribution >= 0.6 is 11.6 Å². The topological polar surface area (TPSA) is 51.6 Å². The Labute approximate surface area is 125 Å². The van der Waals surface area contributed by atoms with Gasteiger partial charge in [0.1, 0.15) is 5.60 Å². The molecule has 1 aromatic heterocycles. The normalized spacial score (nSPS) is 21.3. The van der Waals surface area contributed by atoms with Crippen LogP contribution in [-0.2, 0) is 14.9 Å². The molecule has 6 heteroatoms. The van der Waals surface area contributed by atoms with Gasteiger partial charge in [-0.2, -0.15) is 0 Å². The minimum Gasteiger partial charge on any atom is -0.399 e. The van der Waals surface area contributed by atoms with Crippen LogP contribution in [0, 0.1) is 0 Å². The Kier molecular flexibility index (Phi) is 3.71. The van der Waals surface area contributed by atoms with Gasteiger partial charge < -0.3 is 14.4 Å². The number of hydrogen-bond acceptors (Lipinski definition) is 4. The fraction of sp³-hybridized carbons (Fsp3) is 0.643. The fourth-order valence-electron chi connectivity index (χ4n) is 2.04. The largest absolute Gasteiger partial charge is 0.496 e. The van der Waals surface area contributed by atoms with Crippen molar-refractivity contribution in [1.82, 2.24) is 4.98 Å². The van der Waals surface area contributed by atoms with Crippen molar-refractivity contribution in [3.8, 4) is 0 Å². The van der Waals surface area contributed by atoms with Gasteiger partial charge in [0.2, 0.25) is 0 Å². The molecule has 0 spiro atoms. The molecule has 0 amide bonds. The standard InChI is InChI=1S/C14H21BClNO3/c1-12(2,18)11-10(16)9(7-8-17-11)15-19-13(3,4)14(5,6)20-15/h7-8,18H,1-6H3. The number of nitrogens with zero attached hydrogens (tertiary/aromatic N) is 1. The number of pyridine rings is 1. The van der Waals surface area contributed by atoms with Crippen molar-refractivity contribution in [2.75, 3.05) is 0 Å². The third-order valence-corrected chi connectivity index (χ3v) is 4.40. The van der Waals surface area contributed by atoms with Crippen molar-refractivity contribution < 1.29 is 14.4 Å². The van der Waals surface area contributed by atoms with Crippen molar-refractivity contribution in [3.63, 3.8) is 0 Å². The molecule has 1 N–H and O–H groups in total. The molecule has 0 radical (unpaired) electrons. The maximum Gasteiger partial charge on any atom is 0.496 e. The van der Waals surface area contributed by atoms with Crippen LogP contribution in [0.4, 0.5) is 0 Å². The number of aromatic nitrogens is 1. The van der Waals surface area contributed by atoms with E-state index in [1.807, 2.05) is 27.7 Å². The summed E-state index contributed by atoms with van der Waals surface area (Å²) >= 11 is 6.38. The van der Waals surface area contributed by atoms with E-state index in [0.717, 1.165) is 0 Å². The summed E-state index contributed by atoms with van der Waals surface area (Å²) in [6, 6.07) is 1.76. The molecule has 2 rings (SSSR count). The molecule has 1 aliphatic heterocycles. The number of halogens is 1. The van der Waals surface area contributed by atoms with E-state index in [2.05, 4.69) is 4.98 Å². The molecule has 1 aromatic rings. The van der Waals surface area contributed by atoms with Crippen LogP contribution in [0.1, 0.15) is 47.2 Å². The summed E-state index contributed by atoms with van der Waals surface area (Å²) in [5.41, 5.74) is -0.862. The minimum absolute atomic E-state index is 0.388. The highest BCUT2D eigenvalue weighted by Crippen LogP contribution is 2.37. The van der Waals surface area contributed by atoms with E-state index < -0.39 is 23.9 Å². The molecule has 0 unspecified atom stereocenters. The van der Waals surface area contributed by atoms with Crippen LogP contribution < -0.4 is 5.46 Å². The second-order valence-electron chi connectivity index (χ2n) is 6.71. The number of hydrogen-bond donors (Lipinski definition) is 1. The van der Waals surface area contributed by atoms with Crippen molar-refractivity contribution in [3.05, 3.63) is 23.0 Å². The van der Waals surface area contributed by atoms with Gasteiger partial charge in [-0.1, -0.05) is 11.6 Å². The fourth-order valence-corrected chi connectivity index (χ4v) is 2.47. The second-order valence-corrected chi connectivity index (χ2v) is 7.09. The molecule has 20 heavy (non-hydrogen) atoms. The summed E-state index contributed by atoms with van der Waals surface area (Å²) in [5.74, 6) is 0. The van der Waals surface area contributed by atoms with Gasteiger partial charge in [-0.3, -0.25) is 4.98 Å². The molecule has 2 heterocycles. The molecule has 110 valence electrons. The summed E-state index contributed by atoms with van der Waals surface area (Å²) in [6.07, 6.45) is 1.61. The lowest BCUT2D eigenvalue weighted by molar-refractivity contribution is 0.00578. The maximum atomic E-state index is 10.1. The van der Waals surface area contributed by atoms with Gasteiger partial charge in [-0.05, 0) is 47.6 Å². The van der Waals surface area contributed by atoms with Gasteiger partial charge in [0.15, 0.2) is 0 Å². The van der Waals surface area contributed by atoms with Gasteiger partial charge in [0.05, 0.1) is 21.9 Å². The van der Waals surface area contributed by atoms with Crippen molar-refractivity contribution >= 4 is 24.2 Å². The molecule has 0 aliphatic carbocycles. The second kappa shape index (κ2) is 4.70. The van der Waals surface area contributed by atoms with Crippen LogP contribution in [0.3, 0.4) is 0 Å². The first-order valence-electron chi connectivity index (χ1n) is 6.68. The van der Waals surface area contributed by atoms with Gasteiger partial charge in [-0.15, -0.1) is 0 Å². The number of rotatable bonds is 2. The Hall–Kier alpha value is -0.615. The zero-order valence-corrected chi connectivity index (χ0v) is 13.6. The summed E-state index contributed by atoms with van der Waals surface area (Å²) in [7, 11) is -0.559. The van der Waals surface area contributed by atoms with Gasteiger partial charge in [0, 0.05) is 11.7 Å². The molecule has 4 nitrogen and oxygen atoms in total. The molecule has 1 fully saturated rings. The van der Waals surface area contributed by atoms with Gasteiger partial charge in [-0.25, -0.2) is 0 Å². The monoisotopic (exact) mass is 297 g/mol. The summed E-state index contributed by atoms with van der Waals surface area (Å²) < 4.78 is 12.0. The zero-order valence-electron chi connectivity index (χ0n) is 12.8. The molecule has 1 aliphatic rings. The molecule has 0 saturated carbocycles. The lowest BCUT2D eigenvalue weighted by Crippen LogP contribution is -2.41. The predicted octanol–water partition coefficient (Wildman–Crippen LogP) is 2.26. The lowest BCUT2D eigenvalue weighted by atomic mass is 9.78. The molecule has 1 saturated heterocycles. The third kappa shape index (κ3) is 2.60. The predicted molar refractivity (Wildman–Crippen MR) is 80.2 cm³/mol. The van der Waals surface area contributed by atoms with E-state index in [-0.39, 0.29) is 0 Å². The van der Waals surface area contributed by atoms with E-state index in [4.69, 9.17) is 20.9 Å². The van der Waals surface area contributed by atoms with Crippen LogP contribution in [0.25, 0.3) is 0 Å². The Morgan fingerprint density at radius 3 is 2.15 bits per heavy atom. The van der Waals surface area contributed by atoms with E-state index in [1.54, 1.807) is 26.1 Å². The third-order valence-electron chi connectivity index (χ3n) is 4.01. The lowest BCUT2D eigenvalue weighted by Gasteiger charge is -2.32. The number of aliphatic hydroxyl groups is 1. The summed E-state index contributed by atoms with van der Waals surface area (Å²) in [5, 5.41) is 10.5. The van der Waals surface area contributed by atoms with Crippen molar-refractivity contribution in [1.29, 1.82) is 0 Å². The molecular weight excluding hydrogens is 276 g/mol. The smallest absolute Gasteiger partial charge is 0.399 e. The van der Waals surface area contributed by atoms with Crippen molar-refractivity contribution in [2.45, 2.75) is 58.3 Å². The molecule has 0 aromatic carbocycles. The average Bonchev–Trinajstić information content (AvgIpc) is 2.46. The van der Waals surface area contributed by atoms with Crippen LogP contribution in [0.5, 0.6) is 0 Å². The van der Waals surface area contributed by atoms with E-state index in [1.165, 1.54) is 0 Å². The van der Waals surface area contributed by atoms with E-state index in [0.29, 0.717) is 16.2 Å². The first kappa shape index (κ1) is 15.8. The summed E-state index contributed by atoms with van der Waals surface area (Å²) in [4.78, 5) is 4.16. The molecule has 0 atom stereocenters. The Morgan fingerprint density at radius 1 is 1.20 bits per heavy atom. The highest BCUT2D eigenvalue weighted by atomic mass is 35.5. The zero-order chi connectivity index (χ0) is 15.3. The first-order valence-corrected chi connectivity index (χ1v) is 7.06. The molecule has 0 bridgehead atoms. The first-order chi connectivity index (χ1) is 8.96. The van der Waals surface area contributed by atoms with Crippen LogP contribution in [0.2, 0.25) is 5.02 Å². The van der Waals surface area contributed by atoms with Crippen LogP contribution in [0.15, 0.2) is 12.3 Å². The SMILES string of the molecule is CC(C)(O)c1nccc(B2OC(C)(C)C(C)(C)O2)c1Cl. The van der Waals surface area contributed by atoms with Crippen molar-refractivity contribution in [2.24, 2.45) is 0 Å². The van der Waals surface area contributed by atoms with Crippen LogP contribution in [-0.4, -0.2) is 28.4 Å². The quantitative estimate of drug-likeness (QED) is 0.851. The minimum atomic E-state index is -1.11. The Morgan fingerprint density at radius 2 is 1.70 bits per heavy atom.